The molecule has 0 radical (unpaired) electrons. The van der Waals surface area contributed by atoms with E-state index in [2.05, 4.69) is 31.2 Å². The van der Waals surface area contributed by atoms with E-state index in [0.717, 1.165) is 11.4 Å². The van der Waals surface area contributed by atoms with Crippen molar-refractivity contribution in [2.75, 3.05) is 0 Å². The molecule has 0 unspecified atom stereocenters. The van der Waals surface area contributed by atoms with Crippen molar-refractivity contribution in [3.8, 4) is 0 Å². The van der Waals surface area contributed by atoms with Gasteiger partial charge in [0.2, 0.25) is 0 Å². The molecule has 0 aliphatic carbocycles. The second-order valence-electron chi connectivity index (χ2n) is 3.09. The Morgan fingerprint density at radius 3 is 2.46 bits per heavy atom. The Hall–Kier alpha value is -0.750. The smallest absolute Gasteiger partial charge is 0.0406 e. The standard InChI is InChI=1S/C12H15Cl/c1-2-3-4-5-6-11-7-9-12(13)10-8-11/h4-5,7-10H,2-3,6H2,1H3/b5-4+. The van der Waals surface area contributed by atoms with Crippen LogP contribution in [0.25, 0.3) is 0 Å². The van der Waals surface area contributed by atoms with E-state index >= 15 is 0 Å². The van der Waals surface area contributed by atoms with Crippen molar-refractivity contribution in [3.63, 3.8) is 0 Å². The summed E-state index contributed by atoms with van der Waals surface area (Å²) in [5.41, 5.74) is 1.32. The molecule has 0 nitrogen and oxygen atoms in total. The van der Waals surface area contributed by atoms with Crippen LogP contribution in [0.1, 0.15) is 25.3 Å². The SMILES string of the molecule is CCC/C=C/Cc1ccc(Cl)cc1. The molecule has 1 aromatic rings. The summed E-state index contributed by atoms with van der Waals surface area (Å²) in [7, 11) is 0. The summed E-state index contributed by atoms with van der Waals surface area (Å²) in [5.74, 6) is 0. The summed E-state index contributed by atoms with van der Waals surface area (Å²) in [4.78, 5) is 0. The molecule has 1 heteroatoms. The maximum atomic E-state index is 5.78. The average molecular weight is 195 g/mol. The maximum absolute atomic E-state index is 5.78. The van der Waals surface area contributed by atoms with Gasteiger partial charge in [-0.05, 0) is 30.5 Å². The van der Waals surface area contributed by atoms with Crippen molar-refractivity contribution in [1.82, 2.24) is 0 Å². The molecule has 0 saturated carbocycles. The summed E-state index contributed by atoms with van der Waals surface area (Å²) in [5, 5.41) is 0.807. The third-order valence-electron chi connectivity index (χ3n) is 1.89. The Morgan fingerprint density at radius 2 is 1.85 bits per heavy atom. The van der Waals surface area contributed by atoms with Crippen LogP contribution in [0.2, 0.25) is 5.02 Å². The van der Waals surface area contributed by atoms with Gasteiger partial charge in [0.1, 0.15) is 0 Å². The summed E-state index contributed by atoms with van der Waals surface area (Å²) in [6.07, 6.45) is 7.85. The van der Waals surface area contributed by atoms with Crippen LogP contribution < -0.4 is 0 Å². The third-order valence-corrected chi connectivity index (χ3v) is 2.14. The van der Waals surface area contributed by atoms with E-state index in [-0.39, 0.29) is 0 Å². The fourth-order valence-corrected chi connectivity index (χ4v) is 1.25. The summed E-state index contributed by atoms with van der Waals surface area (Å²) in [6.45, 7) is 2.19. The molecule has 0 amide bonds. The highest BCUT2D eigenvalue weighted by atomic mass is 35.5. The molecule has 0 fully saturated rings. The number of unbranched alkanes of at least 4 members (excludes halogenated alkanes) is 1. The van der Waals surface area contributed by atoms with Gasteiger partial charge in [-0.3, -0.25) is 0 Å². The lowest BCUT2D eigenvalue weighted by molar-refractivity contribution is 0.953. The zero-order valence-electron chi connectivity index (χ0n) is 7.96. The molecule has 0 spiro atoms. The minimum atomic E-state index is 0.807. The Labute approximate surface area is 85.2 Å². The topological polar surface area (TPSA) is 0 Å². The molecule has 0 aliphatic heterocycles. The molecule has 0 bridgehead atoms. The molecule has 70 valence electrons. The van der Waals surface area contributed by atoms with Gasteiger partial charge in [0.25, 0.3) is 0 Å². The second kappa shape index (κ2) is 5.82. The molecule has 1 rings (SSSR count). The Morgan fingerprint density at radius 1 is 1.15 bits per heavy atom. The third kappa shape index (κ3) is 4.14. The Kier molecular flexibility index (Phi) is 4.63. The number of hydrogen-bond acceptors (Lipinski definition) is 0. The van der Waals surface area contributed by atoms with Crippen LogP contribution in [0.4, 0.5) is 0 Å². The largest absolute Gasteiger partial charge is 0.0882 e. The van der Waals surface area contributed by atoms with Gasteiger partial charge >= 0.3 is 0 Å². The van der Waals surface area contributed by atoms with Gasteiger partial charge in [0.05, 0.1) is 0 Å². The number of hydrogen-bond donors (Lipinski definition) is 0. The number of benzene rings is 1. The first-order valence-electron chi connectivity index (χ1n) is 4.72. The van der Waals surface area contributed by atoms with E-state index in [0.29, 0.717) is 0 Å². The molecule has 0 saturated heterocycles. The second-order valence-corrected chi connectivity index (χ2v) is 3.53. The molecule has 0 heterocycles. The van der Waals surface area contributed by atoms with Crippen molar-refractivity contribution < 1.29 is 0 Å². The number of allylic oxidation sites excluding steroid dienone is 2. The first-order valence-corrected chi connectivity index (χ1v) is 5.10. The van der Waals surface area contributed by atoms with E-state index in [9.17, 15) is 0 Å². The first kappa shape index (κ1) is 10.3. The van der Waals surface area contributed by atoms with E-state index < -0.39 is 0 Å². The number of halogens is 1. The summed E-state index contributed by atoms with van der Waals surface area (Å²) in [6, 6.07) is 8.01. The summed E-state index contributed by atoms with van der Waals surface area (Å²) < 4.78 is 0. The van der Waals surface area contributed by atoms with Crippen LogP contribution in [-0.2, 0) is 6.42 Å². The molecular formula is C12H15Cl. The quantitative estimate of drug-likeness (QED) is 0.629. The Balaban J connectivity index is 2.41. The first-order chi connectivity index (χ1) is 6.33. The minimum Gasteiger partial charge on any atom is -0.0882 e. The predicted molar refractivity (Wildman–Crippen MR) is 59.2 cm³/mol. The monoisotopic (exact) mass is 194 g/mol. The molecular weight excluding hydrogens is 180 g/mol. The van der Waals surface area contributed by atoms with Crippen LogP contribution in [0.3, 0.4) is 0 Å². The Bertz CT molecular complexity index is 259. The molecule has 1 aromatic carbocycles. The lowest BCUT2D eigenvalue weighted by atomic mass is 10.1. The molecule has 0 aromatic heterocycles. The highest BCUT2D eigenvalue weighted by Gasteiger charge is 1.88. The molecule has 0 atom stereocenters. The fraction of sp³-hybridized carbons (Fsp3) is 0.333. The van der Waals surface area contributed by atoms with Crippen molar-refractivity contribution >= 4 is 11.6 Å². The molecule has 13 heavy (non-hydrogen) atoms. The van der Waals surface area contributed by atoms with E-state index in [1.54, 1.807) is 0 Å². The van der Waals surface area contributed by atoms with Crippen LogP contribution in [-0.4, -0.2) is 0 Å². The van der Waals surface area contributed by atoms with Gasteiger partial charge in [-0.15, -0.1) is 0 Å². The zero-order chi connectivity index (χ0) is 9.52. The number of rotatable bonds is 4. The molecule has 0 aliphatic rings. The normalized spacial score (nSPS) is 10.9. The van der Waals surface area contributed by atoms with Crippen LogP contribution >= 0.6 is 11.6 Å². The van der Waals surface area contributed by atoms with Gasteiger partial charge in [0, 0.05) is 5.02 Å². The van der Waals surface area contributed by atoms with E-state index in [1.807, 2.05) is 12.1 Å². The predicted octanol–water partition coefficient (Wildman–Crippen LogP) is 4.24. The van der Waals surface area contributed by atoms with E-state index in [4.69, 9.17) is 11.6 Å². The van der Waals surface area contributed by atoms with Crippen LogP contribution in [0, 0.1) is 0 Å². The van der Waals surface area contributed by atoms with Gasteiger partial charge in [-0.2, -0.15) is 0 Å². The van der Waals surface area contributed by atoms with Crippen LogP contribution in [0.5, 0.6) is 0 Å². The van der Waals surface area contributed by atoms with Crippen molar-refractivity contribution in [3.05, 3.63) is 47.0 Å². The van der Waals surface area contributed by atoms with Crippen molar-refractivity contribution in [1.29, 1.82) is 0 Å². The fourth-order valence-electron chi connectivity index (χ4n) is 1.12. The van der Waals surface area contributed by atoms with Gasteiger partial charge < -0.3 is 0 Å². The highest BCUT2D eigenvalue weighted by Crippen LogP contribution is 2.10. The van der Waals surface area contributed by atoms with Gasteiger partial charge in [-0.25, -0.2) is 0 Å². The lowest BCUT2D eigenvalue weighted by Gasteiger charge is -1.95. The summed E-state index contributed by atoms with van der Waals surface area (Å²) >= 11 is 5.78. The highest BCUT2D eigenvalue weighted by molar-refractivity contribution is 6.30. The van der Waals surface area contributed by atoms with Crippen LogP contribution in [0.15, 0.2) is 36.4 Å². The van der Waals surface area contributed by atoms with Crippen molar-refractivity contribution in [2.45, 2.75) is 26.2 Å². The van der Waals surface area contributed by atoms with Gasteiger partial charge in [0.15, 0.2) is 0 Å². The van der Waals surface area contributed by atoms with Gasteiger partial charge in [-0.1, -0.05) is 49.2 Å². The minimum absolute atomic E-state index is 0.807. The van der Waals surface area contributed by atoms with Crippen molar-refractivity contribution in [2.24, 2.45) is 0 Å². The average Bonchev–Trinajstić information content (AvgIpc) is 2.15. The zero-order valence-corrected chi connectivity index (χ0v) is 8.72. The molecule has 0 N–H and O–H groups in total. The van der Waals surface area contributed by atoms with E-state index in [1.165, 1.54) is 18.4 Å². The maximum Gasteiger partial charge on any atom is 0.0406 e. The lowest BCUT2D eigenvalue weighted by Crippen LogP contribution is -1.79.